The van der Waals surface area contributed by atoms with E-state index in [1.54, 1.807) is 13.8 Å². The summed E-state index contributed by atoms with van der Waals surface area (Å²) in [5, 5.41) is 9.28. The number of hydrogen-bond donors (Lipinski definition) is 0. The van der Waals surface area contributed by atoms with E-state index in [4.69, 9.17) is 11.6 Å². The Labute approximate surface area is 210 Å². The first-order valence-electron chi connectivity index (χ1n) is 11.9. The first-order chi connectivity index (χ1) is 16.8. The topological polar surface area (TPSA) is 71.3 Å². The molecule has 1 atom stereocenters. The lowest BCUT2D eigenvalue weighted by molar-refractivity contribution is -0.128. The van der Waals surface area contributed by atoms with Crippen molar-refractivity contribution in [1.29, 1.82) is 0 Å². The quantitative estimate of drug-likeness (QED) is 0.516. The minimum atomic E-state index is -0.195. The van der Waals surface area contributed by atoms with Crippen molar-refractivity contribution in [2.24, 2.45) is 0 Å². The van der Waals surface area contributed by atoms with E-state index in [1.807, 2.05) is 45.7 Å². The monoisotopic (exact) mass is 489 g/mol. The van der Waals surface area contributed by atoms with Crippen molar-refractivity contribution in [1.82, 2.24) is 19.9 Å². The van der Waals surface area contributed by atoms with Crippen molar-refractivity contribution in [3.05, 3.63) is 70.4 Å². The zero-order valence-electron chi connectivity index (χ0n) is 20.2. The Morgan fingerprint density at radius 2 is 1.94 bits per heavy atom. The van der Waals surface area contributed by atoms with Crippen molar-refractivity contribution in [2.45, 2.75) is 46.2 Å². The van der Waals surface area contributed by atoms with Gasteiger partial charge in [0.05, 0.1) is 17.4 Å². The number of aryl methyl sites for hydroxylation is 2. The number of rotatable bonds is 3. The van der Waals surface area contributed by atoms with Gasteiger partial charge >= 0.3 is 0 Å². The zero-order chi connectivity index (χ0) is 24.7. The SMILES string of the molecule is CC(=O)N1CC=C(c2ccc3c(c2)C(N(C(C)=O)c2cccc(Cl)c2)CCn2nnc(C)c2-3)CC1. The zero-order valence-corrected chi connectivity index (χ0v) is 20.9. The van der Waals surface area contributed by atoms with Crippen molar-refractivity contribution >= 4 is 34.7 Å². The fraction of sp³-hybridized carbons (Fsp3) is 0.333. The number of benzene rings is 2. The van der Waals surface area contributed by atoms with Crippen molar-refractivity contribution in [3.8, 4) is 11.3 Å². The molecule has 3 aromatic rings. The first-order valence-corrected chi connectivity index (χ1v) is 12.3. The van der Waals surface area contributed by atoms with E-state index in [1.165, 1.54) is 5.57 Å². The molecule has 0 radical (unpaired) electrons. The summed E-state index contributed by atoms with van der Waals surface area (Å²) in [6, 6.07) is 13.7. The van der Waals surface area contributed by atoms with E-state index >= 15 is 0 Å². The number of halogens is 1. The lowest BCUT2D eigenvalue weighted by atomic mass is 9.89. The van der Waals surface area contributed by atoms with Crippen LogP contribution in [-0.2, 0) is 16.1 Å². The fourth-order valence-electron chi connectivity index (χ4n) is 5.24. The third-order valence-electron chi connectivity index (χ3n) is 6.95. The lowest BCUT2D eigenvalue weighted by Crippen LogP contribution is -2.34. The third-order valence-corrected chi connectivity index (χ3v) is 7.18. The van der Waals surface area contributed by atoms with Gasteiger partial charge in [0.1, 0.15) is 0 Å². The molecule has 2 aromatic carbocycles. The summed E-state index contributed by atoms with van der Waals surface area (Å²) in [6.45, 7) is 7.14. The van der Waals surface area contributed by atoms with Crippen LogP contribution in [0.3, 0.4) is 0 Å². The molecule has 5 rings (SSSR count). The molecule has 2 amide bonds. The van der Waals surface area contributed by atoms with Crippen LogP contribution in [0.15, 0.2) is 48.5 Å². The van der Waals surface area contributed by atoms with Gasteiger partial charge in [0.25, 0.3) is 0 Å². The second-order valence-electron chi connectivity index (χ2n) is 9.17. The summed E-state index contributed by atoms with van der Waals surface area (Å²) in [7, 11) is 0. The molecule has 8 heteroatoms. The van der Waals surface area contributed by atoms with Gasteiger partial charge in [-0.05, 0) is 60.7 Å². The molecule has 0 fully saturated rings. The molecular weight excluding hydrogens is 462 g/mol. The molecule has 0 spiro atoms. The summed E-state index contributed by atoms with van der Waals surface area (Å²) in [5.41, 5.74) is 7.06. The second kappa shape index (κ2) is 9.30. The number of anilines is 1. The smallest absolute Gasteiger partial charge is 0.224 e. The van der Waals surface area contributed by atoms with Gasteiger partial charge in [-0.15, -0.1) is 5.10 Å². The number of fused-ring (bicyclic) bond motifs is 3. The molecule has 1 aromatic heterocycles. The van der Waals surface area contributed by atoms with Crippen LogP contribution in [0.25, 0.3) is 16.8 Å². The maximum atomic E-state index is 13.0. The Morgan fingerprint density at radius 3 is 2.63 bits per heavy atom. The van der Waals surface area contributed by atoms with Gasteiger partial charge in [-0.2, -0.15) is 0 Å². The molecule has 2 aliphatic heterocycles. The van der Waals surface area contributed by atoms with Crippen LogP contribution in [0.4, 0.5) is 5.69 Å². The molecular formula is C27H28ClN5O2. The molecule has 0 aliphatic carbocycles. The van der Waals surface area contributed by atoms with Crippen LogP contribution < -0.4 is 4.90 Å². The van der Waals surface area contributed by atoms with Crippen molar-refractivity contribution in [2.75, 3.05) is 18.0 Å². The van der Waals surface area contributed by atoms with Gasteiger partial charge < -0.3 is 9.80 Å². The molecule has 7 nitrogen and oxygen atoms in total. The molecule has 2 aliphatic rings. The number of hydrogen-bond acceptors (Lipinski definition) is 4. The largest absolute Gasteiger partial charge is 0.339 e. The Balaban J connectivity index is 1.64. The summed E-state index contributed by atoms with van der Waals surface area (Å²) >= 11 is 6.31. The Morgan fingerprint density at radius 1 is 1.11 bits per heavy atom. The standard InChI is InChI=1S/C27H28ClN5O2/c1-17-27-24-8-7-21(20-9-12-31(13-10-20)18(2)34)15-25(24)26(11-14-32(27)30-29-17)33(19(3)35)23-6-4-5-22(28)16-23/h4-9,15-16,26H,10-14H2,1-3H3. The minimum absolute atomic E-state index is 0.0445. The highest BCUT2D eigenvalue weighted by Crippen LogP contribution is 2.42. The van der Waals surface area contributed by atoms with Gasteiger partial charge in [-0.3, -0.25) is 9.59 Å². The third kappa shape index (κ3) is 4.36. The minimum Gasteiger partial charge on any atom is -0.339 e. The van der Waals surface area contributed by atoms with Crippen LogP contribution >= 0.6 is 11.6 Å². The summed E-state index contributed by atoms with van der Waals surface area (Å²) < 4.78 is 1.94. The summed E-state index contributed by atoms with van der Waals surface area (Å²) in [5.74, 6) is 0.0501. The summed E-state index contributed by atoms with van der Waals surface area (Å²) in [6.07, 6.45) is 3.62. The highest BCUT2D eigenvalue weighted by Gasteiger charge is 2.32. The van der Waals surface area contributed by atoms with Crippen LogP contribution in [0.5, 0.6) is 0 Å². The van der Waals surface area contributed by atoms with Gasteiger partial charge in [0.2, 0.25) is 11.8 Å². The van der Waals surface area contributed by atoms with E-state index in [2.05, 4.69) is 34.6 Å². The average Bonchev–Trinajstić information content (AvgIpc) is 3.12. The van der Waals surface area contributed by atoms with E-state index in [9.17, 15) is 9.59 Å². The Kier molecular flexibility index (Phi) is 6.19. The maximum absolute atomic E-state index is 13.0. The highest BCUT2D eigenvalue weighted by molar-refractivity contribution is 6.30. The number of amides is 2. The average molecular weight is 490 g/mol. The molecule has 0 saturated heterocycles. The van der Waals surface area contributed by atoms with Crippen molar-refractivity contribution < 1.29 is 9.59 Å². The van der Waals surface area contributed by atoms with Gasteiger partial charge in [0.15, 0.2) is 0 Å². The fourth-order valence-corrected chi connectivity index (χ4v) is 5.42. The number of carbonyl (C=O) groups is 2. The van der Waals surface area contributed by atoms with E-state index in [0.717, 1.165) is 40.2 Å². The normalized spacial score (nSPS) is 17.2. The molecule has 3 heterocycles. The lowest BCUT2D eigenvalue weighted by Gasteiger charge is -2.32. The van der Waals surface area contributed by atoms with Crippen LogP contribution in [0, 0.1) is 6.92 Å². The van der Waals surface area contributed by atoms with Gasteiger partial charge in [-0.1, -0.05) is 41.1 Å². The Bertz CT molecular complexity index is 1350. The molecule has 1 unspecified atom stereocenters. The molecule has 0 N–H and O–H groups in total. The van der Waals surface area contributed by atoms with E-state index in [0.29, 0.717) is 31.1 Å². The van der Waals surface area contributed by atoms with Crippen LogP contribution in [-0.4, -0.2) is 44.8 Å². The van der Waals surface area contributed by atoms with Crippen LogP contribution in [0.2, 0.25) is 5.02 Å². The predicted octanol–water partition coefficient (Wildman–Crippen LogP) is 5.04. The van der Waals surface area contributed by atoms with E-state index in [-0.39, 0.29) is 17.9 Å². The highest BCUT2D eigenvalue weighted by atomic mass is 35.5. The first kappa shape index (κ1) is 23.3. The predicted molar refractivity (Wildman–Crippen MR) is 137 cm³/mol. The van der Waals surface area contributed by atoms with E-state index < -0.39 is 0 Å². The molecule has 0 bridgehead atoms. The van der Waals surface area contributed by atoms with Gasteiger partial charge in [-0.25, -0.2) is 4.68 Å². The summed E-state index contributed by atoms with van der Waals surface area (Å²) in [4.78, 5) is 28.5. The molecule has 0 saturated carbocycles. The van der Waals surface area contributed by atoms with Crippen molar-refractivity contribution in [3.63, 3.8) is 0 Å². The Hall–Kier alpha value is -3.45. The molecule has 180 valence electrons. The van der Waals surface area contributed by atoms with Crippen LogP contribution in [0.1, 0.15) is 49.6 Å². The number of nitrogens with zero attached hydrogens (tertiary/aromatic N) is 5. The number of carbonyl (C=O) groups excluding carboxylic acids is 2. The second-order valence-corrected chi connectivity index (χ2v) is 9.60. The van der Waals surface area contributed by atoms with Gasteiger partial charge in [0, 0.05) is 49.8 Å². The number of aromatic nitrogens is 3. The molecule has 35 heavy (non-hydrogen) atoms. The maximum Gasteiger partial charge on any atom is 0.224 e.